The van der Waals surface area contributed by atoms with Gasteiger partial charge in [-0.2, -0.15) is 0 Å². The first kappa shape index (κ1) is 15.9. The van der Waals surface area contributed by atoms with Gasteiger partial charge in [0.15, 0.2) is 0 Å². The number of likely N-dealkylation sites (N-methyl/N-ethyl adjacent to an activating group) is 1. The fourth-order valence-corrected chi connectivity index (χ4v) is 1.93. The number of amides is 1. The molecular formula is C9H15N2O5Se. The van der Waals surface area contributed by atoms with Crippen molar-refractivity contribution in [3.05, 3.63) is 0 Å². The minimum atomic E-state index is -1.13. The van der Waals surface area contributed by atoms with Crippen LogP contribution in [0.1, 0.15) is 12.8 Å². The van der Waals surface area contributed by atoms with Crippen molar-refractivity contribution in [3.63, 3.8) is 0 Å². The Morgan fingerprint density at radius 1 is 1.35 bits per heavy atom. The van der Waals surface area contributed by atoms with Crippen molar-refractivity contribution in [2.24, 2.45) is 5.73 Å². The molecule has 8 heteroatoms. The van der Waals surface area contributed by atoms with Crippen LogP contribution in [-0.4, -0.2) is 68.1 Å². The van der Waals surface area contributed by atoms with Crippen LogP contribution in [0.25, 0.3) is 0 Å². The molecule has 0 heterocycles. The first-order chi connectivity index (χ1) is 7.81. The number of nitrogens with zero attached hydrogens (tertiary/aromatic N) is 1. The van der Waals surface area contributed by atoms with Gasteiger partial charge in [-0.25, -0.2) is 0 Å². The van der Waals surface area contributed by atoms with Gasteiger partial charge in [-0.05, 0) is 0 Å². The van der Waals surface area contributed by atoms with Crippen molar-refractivity contribution < 1.29 is 24.6 Å². The normalized spacial score (nSPS) is 13.8. The summed E-state index contributed by atoms with van der Waals surface area (Å²) in [6.45, 7) is 0. The first-order valence-electron chi connectivity index (χ1n) is 4.86. The summed E-state index contributed by atoms with van der Waals surface area (Å²) in [5.74, 6) is -2.76. The van der Waals surface area contributed by atoms with E-state index in [1.807, 2.05) is 0 Å². The number of carboxylic acid groups (broad SMARTS) is 2. The third kappa shape index (κ3) is 5.16. The van der Waals surface area contributed by atoms with E-state index in [-0.39, 0.29) is 18.2 Å². The molecule has 7 nitrogen and oxygen atoms in total. The average molecular weight is 310 g/mol. The summed E-state index contributed by atoms with van der Waals surface area (Å²) in [6.07, 6.45) is -0.241. The van der Waals surface area contributed by atoms with Crippen LogP contribution in [-0.2, 0) is 14.4 Å². The molecule has 1 radical (unpaired) electrons. The fraction of sp³-hybridized carbons (Fsp3) is 0.667. The van der Waals surface area contributed by atoms with Crippen molar-refractivity contribution in [2.75, 3.05) is 7.05 Å². The molecule has 97 valence electrons. The molecule has 0 saturated heterocycles. The Morgan fingerprint density at radius 2 is 1.88 bits per heavy atom. The Hall–Kier alpha value is -1.11. The topological polar surface area (TPSA) is 121 Å². The van der Waals surface area contributed by atoms with Crippen LogP contribution in [0.2, 0.25) is 5.32 Å². The SMILES string of the molecule is CN(C(=O)[C@@H](N)CCC(=O)O)[C@@H](C[Se])C(=O)O. The van der Waals surface area contributed by atoms with Gasteiger partial charge in [0.25, 0.3) is 0 Å². The zero-order valence-electron chi connectivity index (χ0n) is 9.33. The van der Waals surface area contributed by atoms with E-state index >= 15 is 0 Å². The van der Waals surface area contributed by atoms with Crippen LogP contribution in [0.15, 0.2) is 0 Å². The molecule has 0 bridgehead atoms. The monoisotopic (exact) mass is 311 g/mol. The summed E-state index contributed by atoms with van der Waals surface area (Å²) >= 11 is 2.54. The van der Waals surface area contributed by atoms with Crippen LogP contribution >= 0.6 is 0 Å². The quantitative estimate of drug-likeness (QED) is 0.501. The maximum atomic E-state index is 11.7. The van der Waals surface area contributed by atoms with Gasteiger partial charge < -0.3 is 0 Å². The number of carbonyl (C=O) groups excluding carboxylic acids is 1. The predicted octanol–water partition coefficient (Wildman–Crippen LogP) is -1.32. The Balaban J connectivity index is 4.46. The molecule has 0 aromatic carbocycles. The number of nitrogens with two attached hydrogens (primary N) is 1. The van der Waals surface area contributed by atoms with E-state index in [0.717, 1.165) is 4.90 Å². The van der Waals surface area contributed by atoms with Gasteiger partial charge in [0.1, 0.15) is 0 Å². The number of hydrogen-bond acceptors (Lipinski definition) is 4. The second-order valence-electron chi connectivity index (χ2n) is 3.51. The Morgan fingerprint density at radius 3 is 2.24 bits per heavy atom. The predicted molar refractivity (Wildman–Crippen MR) is 59.6 cm³/mol. The zero-order valence-corrected chi connectivity index (χ0v) is 11.0. The van der Waals surface area contributed by atoms with Crippen molar-refractivity contribution >= 4 is 33.9 Å². The van der Waals surface area contributed by atoms with Gasteiger partial charge in [0, 0.05) is 0 Å². The summed E-state index contributed by atoms with van der Waals surface area (Å²) in [5.41, 5.74) is 5.50. The maximum absolute atomic E-state index is 11.7. The molecule has 0 aliphatic rings. The molecule has 4 N–H and O–H groups in total. The van der Waals surface area contributed by atoms with E-state index in [2.05, 4.69) is 16.0 Å². The summed E-state index contributed by atoms with van der Waals surface area (Å²) < 4.78 is 0. The minimum absolute atomic E-state index is 0.0156. The van der Waals surface area contributed by atoms with E-state index in [0.29, 0.717) is 0 Å². The molecule has 0 fully saturated rings. The molecular weight excluding hydrogens is 295 g/mol. The van der Waals surface area contributed by atoms with E-state index in [9.17, 15) is 14.4 Å². The summed E-state index contributed by atoms with van der Waals surface area (Å²) in [7, 11) is 1.33. The summed E-state index contributed by atoms with van der Waals surface area (Å²) in [6, 6.07) is -1.98. The third-order valence-corrected chi connectivity index (χ3v) is 2.91. The molecule has 0 saturated carbocycles. The van der Waals surface area contributed by atoms with Gasteiger partial charge in [-0.1, -0.05) is 0 Å². The van der Waals surface area contributed by atoms with Crippen LogP contribution in [0.4, 0.5) is 0 Å². The van der Waals surface area contributed by atoms with Gasteiger partial charge >= 0.3 is 106 Å². The number of carbonyl (C=O) groups is 3. The number of aliphatic carboxylic acids is 2. The van der Waals surface area contributed by atoms with Gasteiger partial charge in [0.2, 0.25) is 0 Å². The molecule has 2 atom stereocenters. The second-order valence-corrected chi connectivity index (χ2v) is 4.21. The van der Waals surface area contributed by atoms with E-state index < -0.39 is 29.9 Å². The molecule has 0 spiro atoms. The van der Waals surface area contributed by atoms with Crippen molar-refractivity contribution in [2.45, 2.75) is 30.2 Å². The first-order valence-corrected chi connectivity index (χ1v) is 6.07. The summed E-state index contributed by atoms with van der Waals surface area (Å²) in [5, 5.41) is 17.4. The molecule has 0 aromatic heterocycles. The second kappa shape index (κ2) is 7.26. The molecule has 17 heavy (non-hydrogen) atoms. The van der Waals surface area contributed by atoms with Crippen LogP contribution in [0.5, 0.6) is 0 Å². The average Bonchev–Trinajstić information content (AvgIpc) is 2.24. The Labute approximate surface area is 107 Å². The van der Waals surface area contributed by atoms with E-state index in [1.165, 1.54) is 7.05 Å². The third-order valence-electron chi connectivity index (χ3n) is 2.24. The van der Waals surface area contributed by atoms with E-state index in [1.54, 1.807) is 0 Å². The molecule has 1 amide bonds. The number of carboxylic acids is 2. The van der Waals surface area contributed by atoms with Crippen LogP contribution < -0.4 is 5.73 Å². The number of rotatable bonds is 7. The van der Waals surface area contributed by atoms with Crippen molar-refractivity contribution in [1.82, 2.24) is 4.90 Å². The van der Waals surface area contributed by atoms with Gasteiger partial charge in [-0.15, -0.1) is 0 Å². The molecule has 0 rings (SSSR count). The van der Waals surface area contributed by atoms with Crippen molar-refractivity contribution in [1.29, 1.82) is 0 Å². The summed E-state index contributed by atoms with van der Waals surface area (Å²) in [4.78, 5) is 33.8. The van der Waals surface area contributed by atoms with E-state index in [4.69, 9.17) is 15.9 Å². The fourth-order valence-electron chi connectivity index (χ4n) is 1.17. The van der Waals surface area contributed by atoms with Gasteiger partial charge in [0.05, 0.1) is 0 Å². The Bertz CT molecular complexity index is 310. The molecule has 0 aliphatic heterocycles. The number of hydrogen-bond donors (Lipinski definition) is 3. The molecule has 0 aromatic rings. The molecule has 0 aliphatic carbocycles. The zero-order chi connectivity index (χ0) is 13.6. The van der Waals surface area contributed by atoms with Gasteiger partial charge in [-0.3, -0.25) is 0 Å². The van der Waals surface area contributed by atoms with Crippen LogP contribution in [0, 0.1) is 0 Å². The Kier molecular flexibility index (Phi) is 6.79. The standard InChI is InChI=1S/C9H15N2O5Se/c1-11(6(4-17)9(15)16)8(14)5(10)2-3-7(12)13/h5-6H,2-4,10H2,1H3,(H,12,13)(H,15,16)/t5-,6-/m0/s1. The van der Waals surface area contributed by atoms with Crippen LogP contribution in [0.3, 0.4) is 0 Å². The van der Waals surface area contributed by atoms with Crippen molar-refractivity contribution in [3.8, 4) is 0 Å². The molecule has 0 unspecified atom stereocenters.